The zero-order valence-electron chi connectivity index (χ0n) is 21.3. The molecule has 0 unspecified atom stereocenters. The van der Waals surface area contributed by atoms with Crippen LogP contribution in [0.3, 0.4) is 0 Å². The third-order valence-electron chi connectivity index (χ3n) is 7.84. The van der Waals surface area contributed by atoms with Crippen LogP contribution in [-0.4, -0.2) is 49.7 Å². The topological polar surface area (TPSA) is 108 Å². The van der Waals surface area contributed by atoms with Crippen LogP contribution in [0.2, 0.25) is 0 Å². The quantitative estimate of drug-likeness (QED) is 0.492. The van der Waals surface area contributed by atoms with E-state index >= 15 is 0 Å². The Hall–Kier alpha value is -2.75. The van der Waals surface area contributed by atoms with Crippen LogP contribution in [0.25, 0.3) is 0 Å². The van der Waals surface area contributed by atoms with E-state index in [0.717, 1.165) is 36.9 Å². The van der Waals surface area contributed by atoms with Crippen molar-refractivity contribution in [2.45, 2.75) is 81.4 Å². The van der Waals surface area contributed by atoms with E-state index in [9.17, 15) is 18.0 Å². The molecule has 2 aliphatic carbocycles. The van der Waals surface area contributed by atoms with Gasteiger partial charge in [0.15, 0.2) is 0 Å². The van der Waals surface area contributed by atoms with Crippen LogP contribution in [0.15, 0.2) is 47.4 Å². The molecular formula is C28H36N4O4S. The van der Waals surface area contributed by atoms with Crippen LogP contribution >= 0.6 is 0 Å². The number of rotatable bonds is 8. The van der Waals surface area contributed by atoms with Crippen LogP contribution in [0.1, 0.15) is 66.8 Å². The molecule has 9 heteroatoms. The minimum absolute atomic E-state index is 0.127. The van der Waals surface area contributed by atoms with Gasteiger partial charge < -0.3 is 16.0 Å². The first-order valence-corrected chi connectivity index (χ1v) is 14.8. The molecule has 2 aromatic rings. The monoisotopic (exact) mass is 524 g/mol. The molecule has 8 nitrogen and oxygen atoms in total. The highest BCUT2D eigenvalue weighted by Crippen LogP contribution is 2.31. The van der Waals surface area contributed by atoms with Crippen molar-refractivity contribution in [3.63, 3.8) is 0 Å². The number of carbonyl (C=O) groups is 2. The van der Waals surface area contributed by atoms with Gasteiger partial charge in [0, 0.05) is 25.7 Å². The first-order chi connectivity index (χ1) is 17.8. The van der Waals surface area contributed by atoms with E-state index in [1.807, 2.05) is 6.92 Å². The number of carbonyl (C=O) groups excluding carboxylic acids is 2. The van der Waals surface area contributed by atoms with E-state index in [0.29, 0.717) is 6.04 Å². The lowest BCUT2D eigenvalue weighted by Crippen LogP contribution is -2.58. The predicted molar refractivity (Wildman–Crippen MR) is 141 cm³/mol. The number of amides is 2. The van der Waals surface area contributed by atoms with Gasteiger partial charge >= 0.3 is 0 Å². The van der Waals surface area contributed by atoms with E-state index in [4.69, 9.17) is 0 Å². The number of sulfonamides is 1. The number of benzene rings is 2. The van der Waals surface area contributed by atoms with Crippen LogP contribution < -0.4 is 16.0 Å². The standard InChI is InChI=1S/C28H36N4O4S/c1-19-8-11-23(12-9-19)37(35,36)32-15-14-29-28(34)26(32)17-27(33)31-25-7-2-4-21-16-20(10-13-24(21)25)18-30-22-5-3-6-22/h8-13,16,22,25-26,30H,2-7,14-15,17-18H2,1H3,(H,29,34)(H,31,33)/t25-,26+/m1/s1. The molecule has 2 fully saturated rings. The molecule has 2 amide bonds. The Kier molecular flexibility index (Phi) is 7.65. The zero-order chi connectivity index (χ0) is 26.0. The third kappa shape index (κ3) is 5.73. The highest BCUT2D eigenvalue weighted by molar-refractivity contribution is 7.89. The molecule has 2 atom stereocenters. The molecule has 0 radical (unpaired) electrons. The zero-order valence-corrected chi connectivity index (χ0v) is 22.1. The van der Waals surface area contributed by atoms with Gasteiger partial charge in [0.05, 0.1) is 17.4 Å². The molecule has 0 bridgehead atoms. The number of aryl methyl sites for hydroxylation is 2. The number of piperazine rings is 1. The smallest absolute Gasteiger partial charge is 0.243 e. The number of fused-ring (bicyclic) bond motifs is 1. The number of nitrogens with zero attached hydrogens (tertiary/aromatic N) is 1. The Morgan fingerprint density at radius 1 is 1.08 bits per heavy atom. The summed E-state index contributed by atoms with van der Waals surface area (Å²) in [5.74, 6) is -0.760. The van der Waals surface area contributed by atoms with Gasteiger partial charge in [-0.25, -0.2) is 8.42 Å². The first kappa shape index (κ1) is 25.9. The lowest BCUT2D eigenvalue weighted by molar-refractivity contribution is -0.132. The Balaban J connectivity index is 1.27. The van der Waals surface area contributed by atoms with E-state index in [1.54, 1.807) is 24.3 Å². The fourth-order valence-electron chi connectivity index (χ4n) is 5.45. The van der Waals surface area contributed by atoms with Crippen LogP contribution in [0.4, 0.5) is 0 Å². The van der Waals surface area contributed by atoms with E-state index in [-0.39, 0.29) is 36.4 Å². The van der Waals surface area contributed by atoms with Gasteiger partial charge in [-0.3, -0.25) is 9.59 Å². The minimum atomic E-state index is -3.92. The molecule has 3 N–H and O–H groups in total. The van der Waals surface area contributed by atoms with Crippen molar-refractivity contribution < 1.29 is 18.0 Å². The molecule has 37 heavy (non-hydrogen) atoms. The Labute approximate surface area is 219 Å². The van der Waals surface area contributed by atoms with E-state index in [1.165, 1.54) is 34.7 Å². The average Bonchev–Trinajstić information content (AvgIpc) is 2.84. The van der Waals surface area contributed by atoms with E-state index < -0.39 is 22.0 Å². The molecule has 198 valence electrons. The van der Waals surface area contributed by atoms with Gasteiger partial charge in [0.1, 0.15) is 6.04 Å². The second-order valence-corrected chi connectivity index (χ2v) is 12.4. The molecule has 5 rings (SSSR count). The first-order valence-electron chi connectivity index (χ1n) is 13.3. The van der Waals surface area contributed by atoms with Gasteiger partial charge in [0.2, 0.25) is 21.8 Å². The normalized spacial score (nSPS) is 22.6. The summed E-state index contributed by atoms with van der Waals surface area (Å²) in [4.78, 5) is 26.0. The van der Waals surface area contributed by atoms with Crippen molar-refractivity contribution in [3.8, 4) is 0 Å². The van der Waals surface area contributed by atoms with Crippen molar-refractivity contribution >= 4 is 21.8 Å². The van der Waals surface area contributed by atoms with Crippen LogP contribution in [0, 0.1) is 6.92 Å². The van der Waals surface area contributed by atoms with Gasteiger partial charge in [-0.05, 0) is 67.9 Å². The van der Waals surface area contributed by atoms with Crippen molar-refractivity contribution in [3.05, 3.63) is 64.7 Å². The fraction of sp³-hybridized carbons (Fsp3) is 0.500. The summed E-state index contributed by atoms with van der Waals surface area (Å²) in [7, 11) is -3.92. The number of nitrogens with one attached hydrogen (secondary N) is 3. The SMILES string of the molecule is Cc1ccc(S(=O)(=O)N2CCNC(=O)[C@@H]2CC(=O)N[C@@H]2CCCc3cc(CNC4CCC4)ccc32)cc1. The lowest BCUT2D eigenvalue weighted by Gasteiger charge is -2.34. The molecule has 1 saturated carbocycles. The molecule has 3 aliphatic rings. The molecule has 1 heterocycles. The van der Waals surface area contributed by atoms with Crippen molar-refractivity contribution in [2.24, 2.45) is 0 Å². The van der Waals surface area contributed by atoms with Crippen molar-refractivity contribution in [2.75, 3.05) is 13.1 Å². The largest absolute Gasteiger partial charge is 0.353 e. The molecule has 1 aliphatic heterocycles. The summed E-state index contributed by atoms with van der Waals surface area (Å²) in [6, 6.07) is 12.4. The predicted octanol–water partition coefficient (Wildman–Crippen LogP) is 2.71. The summed E-state index contributed by atoms with van der Waals surface area (Å²) in [5, 5.41) is 9.42. The second-order valence-electron chi connectivity index (χ2n) is 10.5. The Morgan fingerprint density at radius 3 is 2.59 bits per heavy atom. The van der Waals surface area contributed by atoms with Crippen LogP contribution in [0.5, 0.6) is 0 Å². The van der Waals surface area contributed by atoms with Gasteiger partial charge in [-0.1, -0.05) is 42.3 Å². The van der Waals surface area contributed by atoms with Crippen LogP contribution in [-0.2, 0) is 32.6 Å². The summed E-state index contributed by atoms with van der Waals surface area (Å²) in [5.41, 5.74) is 4.57. The maximum Gasteiger partial charge on any atom is 0.243 e. The van der Waals surface area contributed by atoms with E-state index in [2.05, 4.69) is 34.1 Å². The Morgan fingerprint density at radius 2 is 1.86 bits per heavy atom. The molecule has 1 saturated heterocycles. The highest BCUT2D eigenvalue weighted by Gasteiger charge is 2.40. The summed E-state index contributed by atoms with van der Waals surface area (Å²) in [6.07, 6.45) is 6.36. The maximum absolute atomic E-state index is 13.3. The minimum Gasteiger partial charge on any atom is -0.353 e. The lowest BCUT2D eigenvalue weighted by atomic mass is 9.86. The average molecular weight is 525 g/mol. The van der Waals surface area contributed by atoms with Gasteiger partial charge in [-0.15, -0.1) is 0 Å². The molecular weight excluding hydrogens is 488 g/mol. The summed E-state index contributed by atoms with van der Waals surface area (Å²) < 4.78 is 27.9. The highest BCUT2D eigenvalue weighted by atomic mass is 32.2. The molecule has 0 aromatic heterocycles. The van der Waals surface area contributed by atoms with Gasteiger partial charge in [-0.2, -0.15) is 4.31 Å². The molecule has 0 spiro atoms. The summed E-state index contributed by atoms with van der Waals surface area (Å²) in [6.45, 7) is 3.09. The van der Waals surface area contributed by atoms with Crippen molar-refractivity contribution in [1.82, 2.24) is 20.3 Å². The second kappa shape index (κ2) is 10.9. The van der Waals surface area contributed by atoms with Gasteiger partial charge in [0.25, 0.3) is 0 Å². The summed E-state index contributed by atoms with van der Waals surface area (Å²) >= 11 is 0. The number of hydrogen-bond donors (Lipinski definition) is 3. The maximum atomic E-state index is 13.3. The Bertz CT molecular complexity index is 1260. The number of hydrogen-bond acceptors (Lipinski definition) is 5. The molecule has 2 aromatic carbocycles. The fourth-order valence-corrected chi connectivity index (χ4v) is 7.04. The van der Waals surface area contributed by atoms with Crippen molar-refractivity contribution in [1.29, 1.82) is 0 Å². The third-order valence-corrected chi connectivity index (χ3v) is 9.77.